The lowest BCUT2D eigenvalue weighted by Crippen LogP contribution is -1.92. The molecule has 3 aromatic rings. The van der Waals surface area contributed by atoms with Gasteiger partial charge >= 0.3 is 0 Å². The van der Waals surface area contributed by atoms with Crippen LogP contribution in [0.15, 0.2) is 60.7 Å². The van der Waals surface area contributed by atoms with Gasteiger partial charge in [-0.1, -0.05) is 36.4 Å². The van der Waals surface area contributed by atoms with E-state index in [1.165, 1.54) is 22.3 Å². The summed E-state index contributed by atoms with van der Waals surface area (Å²) in [6, 6.07) is 20.5. The maximum atomic E-state index is 5.91. The van der Waals surface area contributed by atoms with Crippen molar-refractivity contribution in [2.24, 2.45) is 0 Å². The van der Waals surface area contributed by atoms with Crippen molar-refractivity contribution in [1.29, 1.82) is 0 Å². The second-order valence-electron chi connectivity index (χ2n) is 5.73. The fourth-order valence-electron chi connectivity index (χ4n) is 2.85. The zero-order valence-electron chi connectivity index (χ0n) is 12.9. The molecule has 0 radical (unpaired) electrons. The molecule has 3 rings (SSSR count). The van der Waals surface area contributed by atoms with E-state index in [1.807, 2.05) is 36.4 Å². The van der Waals surface area contributed by atoms with E-state index >= 15 is 0 Å². The predicted octanol–water partition coefficient (Wildman–Crippen LogP) is 4.80. The molecule has 0 amide bonds. The molecule has 0 unspecified atom stereocenters. The van der Waals surface area contributed by atoms with Gasteiger partial charge in [-0.2, -0.15) is 0 Å². The predicted molar refractivity (Wildman–Crippen MR) is 95.6 cm³/mol. The number of hydrogen-bond acceptors (Lipinski definition) is 2. The van der Waals surface area contributed by atoms with Crippen molar-refractivity contribution in [3.05, 3.63) is 71.8 Å². The molecule has 0 bridgehead atoms. The first kappa shape index (κ1) is 14.2. The van der Waals surface area contributed by atoms with Gasteiger partial charge in [-0.25, -0.2) is 0 Å². The highest BCUT2D eigenvalue weighted by atomic mass is 14.5. The van der Waals surface area contributed by atoms with Crippen LogP contribution < -0.4 is 11.5 Å². The second-order valence-corrected chi connectivity index (χ2v) is 5.73. The Hall–Kier alpha value is -2.74. The Morgan fingerprint density at radius 2 is 1.00 bits per heavy atom. The Bertz CT molecular complexity index is 764. The van der Waals surface area contributed by atoms with E-state index in [2.05, 4.69) is 38.1 Å². The fourth-order valence-corrected chi connectivity index (χ4v) is 2.85. The number of rotatable bonds is 2. The average Bonchev–Trinajstić information content (AvgIpc) is 2.49. The van der Waals surface area contributed by atoms with E-state index in [1.54, 1.807) is 0 Å². The van der Waals surface area contributed by atoms with Crippen LogP contribution in [0.3, 0.4) is 0 Å². The highest BCUT2D eigenvalue weighted by Crippen LogP contribution is 2.32. The first-order valence-corrected chi connectivity index (χ1v) is 7.37. The lowest BCUT2D eigenvalue weighted by atomic mass is 9.91. The van der Waals surface area contributed by atoms with E-state index in [4.69, 9.17) is 11.5 Å². The zero-order valence-corrected chi connectivity index (χ0v) is 12.9. The molecule has 110 valence electrons. The smallest absolute Gasteiger partial charge is 0.0320 e. The van der Waals surface area contributed by atoms with Crippen LogP contribution in [-0.4, -0.2) is 0 Å². The van der Waals surface area contributed by atoms with Crippen molar-refractivity contribution in [1.82, 2.24) is 0 Å². The summed E-state index contributed by atoms with van der Waals surface area (Å²) in [4.78, 5) is 0. The molecule has 0 atom stereocenters. The van der Waals surface area contributed by atoms with Crippen molar-refractivity contribution < 1.29 is 0 Å². The molecule has 4 N–H and O–H groups in total. The van der Waals surface area contributed by atoms with Crippen molar-refractivity contribution in [2.45, 2.75) is 13.8 Å². The largest absolute Gasteiger partial charge is 0.399 e. The van der Waals surface area contributed by atoms with E-state index in [9.17, 15) is 0 Å². The summed E-state index contributed by atoms with van der Waals surface area (Å²) in [5.41, 5.74) is 20.6. The Morgan fingerprint density at radius 3 is 1.36 bits per heavy atom. The van der Waals surface area contributed by atoms with Crippen LogP contribution >= 0.6 is 0 Å². The van der Waals surface area contributed by atoms with Gasteiger partial charge in [0, 0.05) is 11.4 Å². The molecule has 0 saturated heterocycles. The Balaban J connectivity index is 2.13. The third-order valence-corrected chi connectivity index (χ3v) is 3.97. The summed E-state index contributed by atoms with van der Waals surface area (Å²) in [6.07, 6.45) is 0. The molecule has 0 aliphatic heterocycles. The van der Waals surface area contributed by atoms with Crippen LogP contribution in [0, 0.1) is 13.8 Å². The van der Waals surface area contributed by atoms with Crippen molar-refractivity contribution in [3.8, 4) is 22.3 Å². The zero-order chi connectivity index (χ0) is 15.7. The van der Waals surface area contributed by atoms with Gasteiger partial charge in [-0.3, -0.25) is 0 Å². The fraction of sp³-hybridized carbons (Fsp3) is 0.100. The molecule has 0 fully saturated rings. The Morgan fingerprint density at radius 1 is 0.591 bits per heavy atom. The lowest BCUT2D eigenvalue weighted by Gasteiger charge is -2.13. The molecular weight excluding hydrogens is 268 g/mol. The maximum Gasteiger partial charge on any atom is 0.0320 e. The molecule has 0 saturated carbocycles. The van der Waals surface area contributed by atoms with E-state index in [0.717, 1.165) is 22.5 Å². The summed E-state index contributed by atoms with van der Waals surface area (Å²) < 4.78 is 0. The average molecular weight is 288 g/mol. The quantitative estimate of drug-likeness (QED) is 0.665. The van der Waals surface area contributed by atoms with Gasteiger partial charge in [-0.15, -0.1) is 0 Å². The third-order valence-electron chi connectivity index (χ3n) is 3.97. The van der Waals surface area contributed by atoms with Crippen LogP contribution in [0.2, 0.25) is 0 Å². The van der Waals surface area contributed by atoms with Gasteiger partial charge in [0.2, 0.25) is 0 Å². The number of anilines is 2. The molecule has 0 aliphatic rings. The van der Waals surface area contributed by atoms with Crippen LogP contribution in [0.25, 0.3) is 22.3 Å². The molecular formula is C20H20N2. The van der Waals surface area contributed by atoms with Crippen LogP contribution in [0.5, 0.6) is 0 Å². The molecule has 0 aromatic heterocycles. The summed E-state index contributed by atoms with van der Waals surface area (Å²) in [5.74, 6) is 0. The molecule has 0 spiro atoms. The standard InChI is InChI=1S/C20H20N2/c1-13-9-20(16-6-4-8-18(22)12-16)14(2)10-19(13)15-5-3-7-17(21)11-15/h3-12H,21-22H2,1-2H3. The summed E-state index contributed by atoms with van der Waals surface area (Å²) in [7, 11) is 0. The SMILES string of the molecule is Cc1cc(-c2cccc(N)c2)c(C)cc1-c1cccc(N)c1. The Kier molecular flexibility index (Phi) is 3.60. The topological polar surface area (TPSA) is 52.0 Å². The van der Waals surface area contributed by atoms with Gasteiger partial charge in [0.25, 0.3) is 0 Å². The normalized spacial score (nSPS) is 10.6. The summed E-state index contributed by atoms with van der Waals surface area (Å²) in [6.45, 7) is 4.27. The van der Waals surface area contributed by atoms with Gasteiger partial charge in [-0.05, 0) is 71.5 Å². The van der Waals surface area contributed by atoms with Gasteiger partial charge in [0.1, 0.15) is 0 Å². The van der Waals surface area contributed by atoms with E-state index in [0.29, 0.717) is 0 Å². The van der Waals surface area contributed by atoms with E-state index in [-0.39, 0.29) is 0 Å². The molecule has 2 heteroatoms. The molecule has 2 nitrogen and oxygen atoms in total. The minimum absolute atomic E-state index is 0.787. The number of benzene rings is 3. The molecule has 3 aromatic carbocycles. The number of nitrogens with two attached hydrogens (primary N) is 2. The summed E-state index contributed by atoms with van der Waals surface area (Å²) in [5, 5.41) is 0. The number of aryl methyl sites for hydroxylation is 2. The first-order valence-electron chi connectivity index (χ1n) is 7.37. The molecule has 0 aliphatic carbocycles. The highest BCUT2D eigenvalue weighted by molar-refractivity contribution is 5.78. The van der Waals surface area contributed by atoms with Crippen LogP contribution in [-0.2, 0) is 0 Å². The second kappa shape index (κ2) is 5.57. The number of hydrogen-bond donors (Lipinski definition) is 2. The summed E-state index contributed by atoms with van der Waals surface area (Å²) >= 11 is 0. The Labute approximate surface area is 131 Å². The minimum atomic E-state index is 0.787. The van der Waals surface area contributed by atoms with Crippen molar-refractivity contribution in [3.63, 3.8) is 0 Å². The van der Waals surface area contributed by atoms with Gasteiger partial charge in [0.05, 0.1) is 0 Å². The minimum Gasteiger partial charge on any atom is -0.399 e. The maximum absolute atomic E-state index is 5.91. The van der Waals surface area contributed by atoms with E-state index < -0.39 is 0 Å². The first-order chi connectivity index (χ1) is 10.5. The van der Waals surface area contributed by atoms with Crippen LogP contribution in [0.4, 0.5) is 11.4 Å². The third kappa shape index (κ3) is 2.68. The molecule has 0 heterocycles. The number of nitrogen functional groups attached to an aromatic ring is 2. The highest BCUT2D eigenvalue weighted by Gasteiger charge is 2.09. The van der Waals surface area contributed by atoms with Crippen molar-refractivity contribution in [2.75, 3.05) is 11.5 Å². The van der Waals surface area contributed by atoms with Gasteiger partial charge in [0.15, 0.2) is 0 Å². The van der Waals surface area contributed by atoms with Crippen LogP contribution in [0.1, 0.15) is 11.1 Å². The monoisotopic (exact) mass is 288 g/mol. The van der Waals surface area contributed by atoms with Gasteiger partial charge < -0.3 is 11.5 Å². The lowest BCUT2D eigenvalue weighted by molar-refractivity contribution is 1.39. The van der Waals surface area contributed by atoms with Crippen molar-refractivity contribution >= 4 is 11.4 Å². The molecule has 22 heavy (non-hydrogen) atoms.